The molecule has 0 bridgehead atoms. The van der Waals surface area contributed by atoms with Gasteiger partial charge in [-0.2, -0.15) is 5.26 Å². The lowest BCUT2D eigenvalue weighted by Gasteiger charge is -2.39. The molecular formula is C48H31N3O. The zero-order valence-electron chi connectivity index (χ0n) is 28.1. The van der Waals surface area contributed by atoms with Crippen LogP contribution in [0, 0.1) is 11.3 Å². The molecule has 3 aliphatic rings. The summed E-state index contributed by atoms with van der Waals surface area (Å²) in [4.78, 5) is 5.17. The number of nitriles is 1. The summed E-state index contributed by atoms with van der Waals surface area (Å²) in [6, 6.07) is 61.6. The number of aliphatic imine (C=N–C) groups is 1. The summed E-state index contributed by atoms with van der Waals surface area (Å²) in [5.41, 5.74) is 14.2. The topological polar surface area (TPSA) is 57.4 Å². The van der Waals surface area contributed by atoms with Gasteiger partial charge in [0.2, 0.25) is 0 Å². The van der Waals surface area contributed by atoms with E-state index >= 15 is 0 Å². The molecule has 0 saturated carbocycles. The summed E-state index contributed by atoms with van der Waals surface area (Å²) >= 11 is 0. The molecule has 7 aromatic rings. The minimum atomic E-state index is -0.645. The van der Waals surface area contributed by atoms with Crippen LogP contribution in [0.4, 0.5) is 0 Å². The first-order chi connectivity index (χ1) is 25.7. The molecule has 1 unspecified atom stereocenters. The fourth-order valence-electron chi connectivity index (χ4n) is 8.29. The molecule has 0 amide bonds. The molecule has 4 nitrogen and oxygen atoms in total. The zero-order chi connectivity index (χ0) is 34.6. The zero-order valence-corrected chi connectivity index (χ0v) is 28.1. The van der Waals surface area contributed by atoms with Gasteiger partial charge in [0.1, 0.15) is 23.7 Å². The Kier molecular flexibility index (Phi) is 6.81. The van der Waals surface area contributed by atoms with Gasteiger partial charge in [0.25, 0.3) is 0 Å². The molecule has 1 aliphatic carbocycles. The molecule has 1 spiro atoms. The van der Waals surface area contributed by atoms with Crippen molar-refractivity contribution < 1.29 is 4.74 Å². The molecule has 2 aliphatic heterocycles. The lowest BCUT2D eigenvalue weighted by Crippen LogP contribution is -2.32. The molecule has 0 saturated heterocycles. The molecule has 1 atom stereocenters. The van der Waals surface area contributed by atoms with Gasteiger partial charge in [-0.1, -0.05) is 152 Å². The number of rotatable bonds is 4. The van der Waals surface area contributed by atoms with Gasteiger partial charge in [-0.05, 0) is 74.3 Å². The predicted octanol–water partition coefficient (Wildman–Crippen LogP) is 10.8. The van der Waals surface area contributed by atoms with Crippen LogP contribution in [0.2, 0.25) is 0 Å². The quantitative estimate of drug-likeness (QED) is 0.204. The Labute approximate surface area is 302 Å². The number of fused-ring (bicyclic) bond motifs is 9. The van der Waals surface area contributed by atoms with Gasteiger partial charge in [-0.25, -0.2) is 0 Å². The van der Waals surface area contributed by atoms with Crippen molar-refractivity contribution in [1.82, 2.24) is 5.32 Å². The Balaban J connectivity index is 1.09. The first-order valence-electron chi connectivity index (χ1n) is 17.5. The van der Waals surface area contributed by atoms with E-state index in [0.717, 1.165) is 56.1 Å². The summed E-state index contributed by atoms with van der Waals surface area (Å²) in [6.07, 6.45) is 1.89. The molecule has 1 N–H and O–H groups in total. The minimum absolute atomic E-state index is 0.248. The molecule has 244 valence electrons. The maximum atomic E-state index is 10.2. The standard InChI is InChI=1S/C48H31N3O/c49-30-36-16-11-21-41-46(36)52-45-27-26-35(28-42(45)48(41)39-19-9-7-17-37(39)38-18-8-10-20-40(38)48)31-22-24-34(25-23-31)47-50-43(32-12-3-1-4-13-32)29-44(51-47)33-14-5-2-6-15-33/h1-29,47,50H. The maximum absolute atomic E-state index is 10.2. The summed E-state index contributed by atoms with van der Waals surface area (Å²) in [5, 5.41) is 13.9. The van der Waals surface area contributed by atoms with Crippen molar-refractivity contribution in [3.8, 4) is 39.8 Å². The lowest BCUT2D eigenvalue weighted by atomic mass is 9.65. The second kappa shape index (κ2) is 11.8. The molecule has 7 aromatic carbocycles. The van der Waals surface area contributed by atoms with Crippen LogP contribution >= 0.6 is 0 Å². The van der Waals surface area contributed by atoms with Gasteiger partial charge >= 0.3 is 0 Å². The van der Waals surface area contributed by atoms with E-state index in [-0.39, 0.29) is 6.17 Å². The van der Waals surface area contributed by atoms with E-state index in [4.69, 9.17) is 9.73 Å². The summed E-state index contributed by atoms with van der Waals surface area (Å²) in [6.45, 7) is 0. The number of ether oxygens (including phenoxy) is 1. The Morgan fingerprint density at radius 2 is 1.17 bits per heavy atom. The second-order valence-electron chi connectivity index (χ2n) is 13.4. The SMILES string of the molecule is N#Cc1cccc2c1Oc1ccc(-c3ccc(C4N=C(c5ccccc5)C=C(c5ccccc5)N4)cc3)cc1C21c2ccccc2-c2ccccc21. The van der Waals surface area contributed by atoms with Gasteiger partial charge in [0, 0.05) is 16.8 Å². The van der Waals surface area contributed by atoms with Crippen molar-refractivity contribution in [2.24, 2.45) is 4.99 Å². The van der Waals surface area contributed by atoms with E-state index < -0.39 is 5.41 Å². The number of allylic oxidation sites excluding steroid dienone is 1. The average molecular weight is 666 g/mol. The molecule has 4 heteroatoms. The van der Waals surface area contributed by atoms with Crippen LogP contribution in [0.1, 0.15) is 50.7 Å². The lowest BCUT2D eigenvalue weighted by molar-refractivity contribution is 0.435. The molecule has 10 rings (SSSR count). The van der Waals surface area contributed by atoms with Crippen LogP contribution in [0.5, 0.6) is 11.5 Å². The Morgan fingerprint density at radius 1 is 0.558 bits per heavy atom. The Bertz CT molecular complexity index is 2590. The fourth-order valence-corrected chi connectivity index (χ4v) is 8.29. The van der Waals surface area contributed by atoms with Gasteiger partial charge in [0.05, 0.1) is 16.7 Å². The molecular weight excluding hydrogens is 635 g/mol. The van der Waals surface area contributed by atoms with Gasteiger partial charge in [-0.3, -0.25) is 4.99 Å². The second-order valence-corrected chi connectivity index (χ2v) is 13.4. The van der Waals surface area contributed by atoms with Crippen molar-refractivity contribution in [3.05, 3.63) is 220 Å². The van der Waals surface area contributed by atoms with Crippen molar-refractivity contribution in [1.29, 1.82) is 5.26 Å². The van der Waals surface area contributed by atoms with E-state index in [9.17, 15) is 5.26 Å². The highest BCUT2D eigenvalue weighted by molar-refractivity contribution is 6.13. The average Bonchev–Trinajstić information content (AvgIpc) is 3.52. The van der Waals surface area contributed by atoms with Crippen LogP contribution in [-0.4, -0.2) is 5.71 Å². The summed E-state index contributed by atoms with van der Waals surface area (Å²) in [7, 11) is 0. The third-order valence-electron chi connectivity index (χ3n) is 10.6. The normalized spacial score (nSPS) is 15.8. The maximum Gasteiger partial charge on any atom is 0.149 e. The van der Waals surface area contributed by atoms with Crippen molar-refractivity contribution in [3.63, 3.8) is 0 Å². The third-order valence-corrected chi connectivity index (χ3v) is 10.6. The number of nitrogens with zero attached hydrogens (tertiary/aromatic N) is 2. The fraction of sp³-hybridized carbons (Fsp3) is 0.0417. The van der Waals surface area contributed by atoms with Crippen LogP contribution in [0.15, 0.2) is 181 Å². The number of para-hydroxylation sites is 1. The van der Waals surface area contributed by atoms with Crippen molar-refractivity contribution >= 4 is 11.4 Å². The number of hydrogen-bond acceptors (Lipinski definition) is 4. The number of nitrogens with one attached hydrogen (secondary N) is 1. The highest BCUT2D eigenvalue weighted by Gasteiger charge is 2.51. The van der Waals surface area contributed by atoms with Crippen molar-refractivity contribution in [2.45, 2.75) is 11.6 Å². The van der Waals surface area contributed by atoms with E-state index in [1.54, 1.807) is 0 Å². The van der Waals surface area contributed by atoms with Gasteiger partial charge in [0.15, 0.2) is 0 Å². The van der Waals surface area contributed by atoms with E-state index in [2.05, 4.69) is 163 Å². The van der Waals surface area contributed by atoms with Crippen molar-refractivity contribution in [2.75, 3.05) is 0 Å². The van der Waals surface area contributed by atoms with Crippen LogP contribution in [0.3, 0.4) is 0 Å². The molecule has 0 fully saturated rings. The molecule has 0 radical (unpaired) electrons. The van der Waals surface area contributed by atoms with Crippen LogP contribution in [-0.2, 0) is 5.41 Å². The largest absolute Gasteiger partial charge is 0.455 e. The number of benzene rings is 7. The monoisotopic (exact) mass is 665 g/mol. The Morgan fingerprint density at radius 3 is 1.87 bits per heavy atom. The number of hydrogen-bond donors (Lipinski definition) is 1. The Hall–Kier alpha value is -6.96. The van der Waals surface area contributed by atoms with E-state index in [0.29, 0.717) is 11.3 Å². The first kappa shape index (κ1) is 29.9. The minimum Gasteiger partial charge on any atom is -0.455 e. The summed E-state index contributed by atoms with van der Waals surface area (Å²) in [5.74, 6) is 1.39. The predicted molar refractivity (Wildman–Crippen MR) is 207 cm³/mol. The van der Waals surface area contributed by atoms with E-state index in [1.165, 1.54) is 22.3 Å². The molecule has 2 heterocycles. The first-order valence-corrected chi connectivity index (χ1v) is 17.5. The highest BCUT2D eigenvalue weighted by atomic mass is 16.5. The third kappa shape index (κ3) is 4.50. The molecule has 52 heavy (non-hydrogen) atoms. The summed E-state index contributed by atoms with van der Waals surface area (Å²) < 4.78 is 6.65. The van der Waals surface area contributed by atoms with Crippen LogP contribution in [0.25, 0.3) is 28.0 Å². The van der Waals surface area contributed by atoms with Gasteiger partial charge < -0.3 is 10.1 Å². The van der Waals surface area contributed by atoms with Gasteiger partial charge in [-0.15, -0.1) is 0 Å². The van der Waals surface area contributed by atoms with Crippen LogP contribution < -0.4 is 10.1 Å². The van der Waals surface area contributed by atoms with E-state index in [1.807, 2.05) is 24.3 Å². The molecule has 0 aromatic heterocycles. The smallest absolute Gasteiger partial charge is 0.149 e. The highest BCUT2D eigenvalue weighted by Crippen LogP contribution is 2.62.